The second-order valence-electron chi connectivity index (χ2n) is 6.34. The van der Waals surface area contributed by atoms with Crippen molar-refractivity contribution in [1.29, 1.82) is 0 Å². The molecule has 0 unspecified atom stereocenters. The molecule has 0 saturated heterocycles. The van der Waals surface area contributed by atoms with Crippen LogP contribution in [0.15, 0.2) is 12.5 Å². The normalized spacial score (nSPS) is 12.9. The van der Waals surface area contributed by atoms with Crippen molar-refractivity contribution in [3.05, 3.63) is 18.2 Å². The van der Waals surface area contributed by atoms with Crippen molar-refractivity contribution in [1.82, 2.24) is 25.9 Å². The van der Waals surface area contributed by atoms with Crippen LogP contribution in [-0.4, -0.2) is 57.4 Å². The second-order valence-corrected chi connectivity index (χ2v) is 6.34. The zero-order valence-electron chi connectivity index (χ0n) is 15.0. The number of carboxylic acid groups (broad SMARTS) is 1. The summed E-state index contributed by atoms with van der Waals surface area (Å²) in [5.41, 5.74) is 0.560. The highest BCUT2D eigenvalue weighted by Gasteiger charge is 2.23. The van der Waals surface area contributed by atoms with Crippen LogP contribution in [0.1, 0.15) is 32.9 Å². The molecule has 1 heterocycles. The molecule has 10 heteroatoms. The van der Waals surface area contributed by atoms with Crippen LogP contribution in [0.2, 0.25) is 0 Å². The van der Waals surface area contributed by atoms with Crippen LogP contribution in [0.3, 0.4) is 0 Å². The number of aliphatic carboxylic acids is 1. The van der Waals surface area contributed by atoms with Gasteiger partial charge in [0, 0.05) is 25.2 Å². The summed E-state index contributed by atoms with van der Waals surface area (Å²) in [6, 6.07) is -1.90. The number of rotatable bonds is 10. The smallest absolute Gasteiger partial charge is 0.326 e. The third-order valence-electron chi connectivity index (χ3n) is 3.44. The highest BCUT2D eigenvalue weighted by Crippen LogP contribution is 2.05. The molecule has 10 nitrogen and oxygen atoms in total. The standard InChI is InChI=1S/C16H25N5O5/c1-9(2)4-12(20-10(3)22)15(24)18-7-14(23)21-13(16(25)26)5-11-6-17-8-19-11/h6,8-9,12-13H,4-5,7H2,1-3H3,(H,17,19)(H,18,24)(H,20,22)(H,21,23)(H,25,26)/t12-,13-/m0/s1. The van der Waals surface area contributed by atoms with Gasteiger partial charge >= 0.3 is 5.97 Å². The molecule has 1 rings (SSSR count). The highest BCUT2D eigenvalue weighted by molar-refractivity contribution is 5.91. The molecule has 5 N–H and O–H groups in total. The number of H-pyrrole nitrogens is 1. The largest absolute Gasteiger partial charge is 0.480 e. The third kappa shape index (κ3) is 7.77. The summed E-state index contributed by atoms with van der Waals surface area (Å²) in [5, 5.41) is 16.5. The first-order chi connectivity index (χ1) is 12.2. The third-order valence-corrected chi connectivity index (χ3v) is 3.44. The number of nitrogens with zero attached hydrogens (tertiary/aromatic N) is 1. The zero-order chi connectivity index (χ0) is 19.7. The quantitative estimate of drug-likeness (QED) is 0.364. The first-order valence-corrected chi connectivity index (χ1v) is 8.23. The summed E-state index contributed by atoms with van der Waals surface area (Å²) in [7, 11) is 0. The van der Waals surface area contributed by atoms with Crippen molar-refractivity contribution in [2.24, 2.45) is 5.92 Å². The fourth-order valence-corrected chi connectivity index (χ4v) is 2.30. The number of hydrogen-bond acceptors (Lipinski definition) is 5. The Balaban J connectivity index is 2.55. The Labute approximate surface area is 151 Å². The van der Waals surface area contributed by atoms with Gasteiger partial charge in [0.2, 0.25) is 17.7 Å². The summed E-state index contributed by atoms with van der Waals surface area (Å²) >= 11 is 0. The van der Waals surface area contributed by atoms with Gasteiger partial charge < -0.3 is 26.0 Å². The maximum absolute atomic E-state index is 12.2. The predicted octanol–water partition coefficient (Wildman–Crippen LogP) is -0.811. The molecule has 0 aromatic carbocycles. The van der Waals surface area contributed by atoms with Gasteiger partial charge in [-0.05, 0) is 12.3 Å². The lowest BCUT2D eigenvalue weighted by molar-refractivity contribution is -0.141. The van der Waals surface area contributed by atoms with Crippen molar-refractivity contribution in [2.45, 2.75) is 45.7 Å². The maximum atomic E-state index is 12.2. The number of amides is 3. The zero-order valence-corrected chi connectivity index (χ0v) is 15.0. The number of imidazole rings is 1. The molecule has 0 radical (unpaired) electrons. The molecular formula is C16H25N5O5. The van der Waals surface area contributed by atoms with Gasteiger partial charge in [0.05, 0.1) is 12.9 Å². The lowest BCUT2D eigenvalue weighted by Gasteiger charge is -2.19. The highest BCUT2D eigenvalue weighted by atomic mass is 16.4. The first-order valence-electron chi connectivity index (χ1n) is 8.23. The summed E-state index contributed by atoms with van der Waals surface area (Å²) in [5.74, 6) is -2.52. The molecule has 2 atom stereocenters. The van der Waals surface area contributed by atoms with Gasteiger partial charge in [-0.15, -0.1) is 0 Å². The minimum Gasteiger partial charge on any atom is -0.480 e. The lowest BCUT2D eigenvalue weighted by atomic mass is 10.0. The van der Waals surface area contributed by atoms with E-state index in [0.29, 0.717) is 12.1 Å². The van der Waals surface area contributed by atoms with Gasteiger partial charge in [0.25, 0.3) is 0 Å². The average molecular weight is 367 g/mol. The Hall–Kier alpha value is -2.91. The van der Waals surface area contributed by atoms with Crippen molar-refractivity contribution in [3.63, 3.8) is 0 Å². The molecule has 144 valence electrons. The van der Waals surface area contributed by atoms with Gasteiger partial charge in [-0.3, -0.25) is 14.4 Å². The Morgan fingerprint density at radius 2 is 1.88 bits per heavy atom. The molecule has 0 aliphatic heterocycles. The van der Waals surface area contributed by atoms with Crippen molar-refractivity contribution in [3.8, 4) is 0 Å². The van der Waals surface area contributed by atoms with Crippen molar-refractivity contribution >= 4 is 23.7 Å². The van der Waals surface area contributed by atoms with Crippen LogP contribution in [-0.2, 0) is 25.6 Å². The van der Waals surface area contributed by atoms with E-state index in [9.17, 15) is 24.3 Å². The molecule has 0 aliphatic rings. The number of hydrogen-bond donors (Lipinski definition) is 5. The molecule has 0 aliphatic carbocycles. The Morgan fingerprint density at radius 1 is 1.19 bits per heavy atom. The topological polar surface area (TPSA) is 153 Å². The van der Waals surface area contributed by atoms with E-state index in [1.54, 1.807) is 0 Å². The van der Waals surface area contributed by atoms with E-state index >= 15 is 0 Å². The van der Waals surface area contributed by atoms with Crippen LogP contribution in [0, 0.1) is 5.92 Å². The Morgan fingerprint density at radius 3 is 2.38 bits per heavy atom. The molecule has 0 spiro atoms. The van der Waals surface area contributed by atoms with E-state index in [2.05, 4.69) is 25.9 Å². The molecule has 1 aromatic rings. The van der Waals surface area contributed by atoms with Crippen LogP contribution in [0.5, 0.6) is 0 Å². The van der Waals surface area contributed by atoms with E-state index in [-0.39, 0.29) is 24.8 Å². The molecule has 0 fully saturated rings. The molecular weight excluding hydrogens is 342 g/mol. The molecule has 1 aromatic heterocycles. The summed E-state index contributed by atoms with van der Waals surface area (Å²) in [6.45, 7) is 4.73. The van der Waals surface area contributed by atoms with Gasteiger partial charge in [-0.25, -0.2) is 9.78 Å². The maximum Gasteiger partial charge on any atom is 0.326 e. The fourth-order valence-electron chi connectivity index (χ4n) is 2.30. The second kappa shape index (κ2) is 10.2. The van der Waals surface area contributed by atoms with E-state index < -0.39 is 29.9 Å². The van der Waals surface area contributed by atoms with Crippen LogP contribution < -0.4 is 16.0 Å². The number of carbonyl (C=O) groups excluding carboxylic acids is 3. The average Bonchev–Trinajstić information content (AvgIpc) is 3.03. The van der Waals surface area contributed by atoms with E-state index in [0.717, 1.165) is 0 Å². The van der Waals surface area contributed by atoms with Gasteiger partial charge in [0.15, 0.2) is 0 Å². The number of aromatic amines is 1. The fraction of sp³-hybridized carbons (Fsp3) is 0.562. The molecule has 0 saturated carbocycles. The van der Waals surface area contributed by atoms with Gasteiger partial charge in [-0.1, -0.05) is 13.8 Å². The first kappa shape index (κ1) is 21.1. The number of nitrogens with one attached hydrogen (secondary N) is 4. The predicted molar refractivity (Wildman–Crippen MR) is 91.9 cm³/mol. The Kier molecular flexibility index (Phi) is 8.26. The summed E-state index contributed by atoms with van der Waals surface area (Å²) in [6.07, 6.45) is 3.34. The Bertz CT molecular complexity index is 629. The van der Waals surface area contributed by atoms with Crippen LogP contribution >= 0.6 is 0 Å². The van der Waals surface area contributed by atoms with Gasteiger partial charge in [-0.2, -0.15) is 0 Å². The number of aromatic nitrogens is 2. The summed E-state index contributed by atoms with van der Waals surface area (Å²) in [4.78, 5) is 53.1. The number of carboxylic acids is 1. The van der Waals surface area contributed by atoms with E-state index in [1.165, 1.54) is 19.4 Å². The SMILES string of the molecule is CC(=O)N[C@@H](CC(C)C)C(=O)NCC(=O)N[C@@H](Cc1cnc[nH]1)C(=O)O. The molecule has 26 heavy (non-hydrogen) atoms. The summed E-state index contributed by atoms with van der Waals surface area (Å²) < 4.78 is 0. The number of carbonyl (C=O) groups is 4. The minimum absolute atomic E-state index is 0.0386. The van der Waals surface area contributed by atoms with Crippen LogP contribution in [0.4, 0.5) is 0 Å². The van der Waals surface area contributed by atoms with Gasteiger partial charge in [0.1, 0.15) is 12.1 Å². The van der Waals surface area contributed by atoms with Crippen molar-refractivity contribution < 1.29 is 24.3 Å². The molecule has 0 bridgehead atoms. The van der Waals surface area contributed by atoms with Crippen molar-refractivity contribution in [2.75, 3.05) is 6.54 Å². The van der Waals surface area contributed by atoms with Crippen LogP contribution in [0.25, 0.3) is 0 Å². The van der Waals surface area contributed by atoms with E-state index in [4.69, 9.17) is 0 Å². The monoisotopic (exact) mass is 367 g/mol. The minimum atomic E-state index is -1.20. The van der Waals surface area contributed by atoms with E-state index in [1.807, 2.05) is 13.8 Å². The molecule has 3 amide bonds. The lowest BCUT2D eigenvalue weighted by Crippen LogP contribution is -2.51.